The lowest BCUT2D eigenvalue weighted by atomic mass is 10.1. The summed E-state index contributed by atoms with van der Waals surface area (Å²) in [7, 11) is 1.63. The summed E-state index contributed by atoms with van der Waals surface area (Å²) in [6.07, 6.45) is 2.47. The van der Waals surface area contributed by atoms with Crippen LogP contribution in [0.5, 0.6) is 11.5 Å². The molecule has 4 aromatic rings. The molecule has 1 aromatic heterocycles. The molecule has 186 valence electrons. The number of nitrogens with zero attached hydrogens (tertiary/aromatic N) is 2. The van der Waals surface area contributed by atoms with Crippen molar-refractivity contribution in [2.45, 2.75) is 26.8 Å². The number of rotatable bonds is 10. The van der Waals surface area contributed by atoms with E-state index in [-0.39, 0.29) is 18.1 Å². The third-order valence-corrected chi connectivity index (χ3v) is 5.90. The smallest absolute Gasteiger partial charge is 0.188 e. The number of nitrogens with one attached hydrogen (secondary N) is 2. The van der Waals surface area contributed by atoms with Crippen LogP contribution < -0.4 is 20.1 Å². The lowest BCUT2D eigenvalue weighted by Crippen LogP contribution is -2.20. The normalized spacial score (nSPS) is 10.8. The number of ether oxygens (including phenoxy) is 2. The molecule has 0 amide bonds. The molecule has 0 spiro atoms. The highest BCUT2D eigenvalue weighted by molar-refractivity contribution is 5.95. The number of hydrogen-bond acceptors (Lipinski definition) is 5. The minimum atomic E-state index is -0.443. The van der Waals surface area contributed by atoms with Crippen molar-refractivity contribution in [2.24, 2.45) is 5.73 Å². The third-order valence-electron chi connectivity index (χ3n) is 5.90. The van der Waals surface area contributed by atoms with Gasteiger partial charge in [-0.2, -0.15) is 0 Å². The van der Waals surface area contributed by atoms with E-state index in [0.29, 0.717) is 23.7 Å². The summed E-state index contributed by atoms with van der Waals surface area (Å²) in [6.45, 7) is 4.48. The fourth-order valence-corrected chi connectivity index (χ4v) is 4.03. The number of nitrogens with two attached hydrogens (primary N) is 1. The molecule has 0 aliphatic rings. The number of amidine groups is 1. The first-order valence-corrected chi connectivity index (χ1v) is 11.8. The molecule has 3 aromatic carbocycles. The molecule has 8 heteroatoms. The molecule has 7 nitrogen and oxygen atoms in total. The summed E-state index contributed by atoms with van der Waals surface area (Å²) in [6, 6.07) is 18.4. The molecular weight excluding hydrogens is 457 g/mol. The zero-order valence-corrected chi connectivity index (χ0v) is 20.6. The van der Waals surface area contributed by atoms with Crippen molar-refractivity contribution < 1.29 is 13.9 Å². The van der Waals surface area contributed by atoms with Gasteiger partial charge in [0.05, 0.1) is 37.8 Å². The molecule has 0 saturated heterocycles. The standard InChI is InChI=1S/C28H30FN5O2/c1-4-18-14-23(27(29)25(15-18)36-5-2)34(20-12-10-19(11-13-20)28(30)31)17-26-32-16-22(33-26)21-8-6-7-9-24(21)35-3/h6-16H,4-5,17H2,1-3H3,(H3,30,31)(H,32,33). The third kappa shape index (κ3) is 5.17. The molecule has 0 radical (unpaired) electrons. The predicted octanol–water partition coefficient (Wildman–Crippen LogP) is 5.81. The van der Waals surface area contributed by atoms with Crippen molar-refractivity contribution in [3.8, 4) is 22.8 Å². The Hall–Kier alpha value is -4.33. The van der Waals surface area contributed by atoms with Crippen LogP contribution in [0, 0.1) is 11.2 Å². The van der Waals surface area contributed by atoms with Crippen molar-refractivity contribution in [2.75, 3.05) is 18.6 Å². The van der Waals surface area contributed by atoms with Crippen LogP contribution in [0.4, 0.5) is 15.8 Å². The monoisotopic (exact) mass is 487 g/mol. The Balaban J connectivity index is 1.78. The van der Waals surface area contributed by atoms with Crippen molar-refractivity contribution in [3.63, 3.8) is 0 Å². The summed E-state index contributed by atoms with van der Waals surface area (Å²) in [4.78, 5) is 9.77. The van der Waals surface area contributed by atoms with Crippen molar-refractivity contribution in [3.05, 3.63) is 89.6 Å². The Morgan fingerprint density at radius 1 is 1.08 bits per heavy atom. The second kappa shape index (κ2) is 10.9. The maximum Gasteiger partial charge on any atom is 0.188 e. The van der Waals surface area contributed by atoms with Gasteiger partial charge >= 0.3 is 0 Å². The average Bonchev–Trinajstić information content (AvgIpc) is 3.37. The van der Waals surface area contributed by atoms with Crippen molar-refractivity contribution >= 4 is 17.2 Å². The van der Waals surface area contributed by atoms with Crippen LogP contribution in [0.1, 0.15) is 30.8 Å². The van der Waals surface area contributed by atoms with E-state index in [9.17, 15) is 0 Å². The Bertz CT molecular complexity index is 1350. The van der Waals surface area contributed by atoms with Crippen LogP contribution in [-0.2, 0) is 13.0 Å². The maximum absolute atomic E-state index is 15.7. The molecule has 0 unspecified atom stereocenters. The molecular formula is C28H30FN5O2. The van der Waals surface area contributed by atoms with Crippen molar-refractivity contribution in [1.29, 1.82) is 5.41 Å². The van der Waals surface area contributed by atoms with Crippen LogP contribution in [-0.4, -0.2) is 29.5 Å². The summed E-state index contributed by atoms with van der Waals surface area (Å²) in [5, 5.41) is 7.70. The zero-order chi connectivity index (χ0) is 25.7. The summed E-state index contributed by atoms with van der Waals surface area (Å²) in [5.41, 5.74) is 9.97. The molecule has 0 fully saturated rings. The molecule has 0 atom stereocenters. The number of aryl methyl sites for hydroxylation is 1. The number of methoxy groups -OCH3 is 1. The van der Waals surface area contributed by atoms with Gasteiger partial charge in [0.25, 0.3) is 0 Å². The Morgan fingerprint density at radius 3 is 2.50 bits per heavy atom. The number of aromatic amines is 1. The van der Waals surface area contributed by atoms with Gasteiger partial charge < -0.3 is 25.1 Å². The number of para-hydroxylation sites is 1. The first kappa shape index (κ1) is 24.8. The molecule has 4 N–H and O–H groups in total. The Morgan fingerprint density at radius 2 is 1.83 bits per heavy atom. The molecule has 4 rings (SSSR count). The second-order valence-electron chi connectivity index (χ2n) is 8.20. The minimum absolute atomic E-state index is 0.0293. The lowest BCUT2D eigenvalue weighted by Gasteiger charge is -2.26. The molecule has 0 aliphatic heterocycles. The van der Waals surface area contributed by atoms with Gasteiger partial charge in [-0.15, -0.1) is 0 Å². The van der Waals surface area contributed by atoms with Crippen LogP contribution in [0.2, 0.25) is 0 Å². The van der Waals surface area contributed by atoms with Crippen LogP contribution in [0.3, 0.4) is 0 Å². The van der Waals surface area contributed by atoms with E-state index in [2.05, 4.69) is 9.97 Å². The number of aromatic nitrogens is 2. The van der Waals surface area contributed by atoms with E-state index < -0.39 is 5.82 Å². The number of anilines is 2. The highest BCUT2D eigenvalue weighted by Crippen LogP contribution is 2.36. The number of benzene rings is 3. The highest BCUT2D eigenvalue weighted by atomic mass is 19.1. The SMILES string of the molecule is CCOc1cc(CC)cc(N(Cc2ncc(-c3ccccc3OC)[nH]2)c2ccc(C(=N)N)cc2)c1F. The van der Waals surface area contributed by atoms with E-state index in [1.54, 1.807) is 31.5 Å². The average molecular weight is 488 g/mol. The number of hydrogen-bond donors (Lipinski definition) is 3. The van der Waals surface area contributed by atoms with E-state index in [1.165, 1.54) is 0 Å². The summed E-state index contributed by atoms with van der Waals surface area (Å²) >= 11 is 0. The molecule has 0 bridgehead atoms. The maximum atomic E-state index is 15.7. The first-order valence-electron chi connectivity index (χ1n) is 11.8. The fourth-order valence-electron chi connectivity index (χ4n) is 4.03. The zero-order valence-electron chi connectivity index (χ0n) is 20.6. The fraction of sp³-hybridized carbons (Fsp3) is 0.214. The summed E-state index contributed by atoms with van der Waals surface area (Å²) in [5.74, 6) is 1.11. The van der Waals surface area contributed by atoms with Gasteiger partial charge in [0.2, 0.25) is 0 Å². The van der Waals surface area contributed by atoms with Gasteiger partial charge in [0.1, 0.15) is 17.4 Å². The van der Waals surface area contributed by atoms with E-state index in [0.717, 1.165) is 34.7 Å². The van der Waals surface area contributed by atoms with Crippen molar-refractivity contribution in [1.82, 2.24) is 9.97 Å². The predicted molar refractivity (Wildman–Crippen MR) is 141 cm³/mol. The van der Waals surface area contributed by atoms with Crippen LogP contribution in [0.15, 0.2) is 66.9 Å². The van der Waals surface area contributed by atoms with Gasteiger partial charge in [0.15, 0.2) is 11.6 Å². The van der Waals surface area contributed by atoms with Crippen LogP contribution in [0.25, 0.3) is 11.3 Å². The Kier molecular flexibility index (Phi) is 7.53. The van der Waals surface area contributed by atoms with Gasteiger partial charge in [-0.25, -0.2) is 9.37 Å². The molecule has 36 heavy (non-hydrogen) atoms. The van der Waals surface area contributed by atoms with E-state index in [1.807, 2.05) is 61.2 Å². The lowest BCUT2D eigenvalue weighted by molar-refractivity contribution is 0.321. The minimum Gasteiger partial charge on any atom is -0.496 e. The van der Waals surface area contributed by atoms with Gasteiger partial charge in [0, 0.05) is 16.8 Å². The molecule has 1 heterocycles. The second-order valence-corrected chi connectivity index (χ2v) is 8.20. The van der Waals surface area contributed by atoms with E-state index in [4.69, 9.17) is 20.6 Å². The molecule has 0 saturated carbocycles. The number of imidazole rings is 1. The van der Waals surface area contributed by atoms with E-state index >= 15 is 4.39 Å². The van der Waals surface area contributed by atoms with Gasteiger partial charge in [-0.1, -0.05) is 19.1 Å². The highest BCUT2D eigenvalue weighted by Gasteiger charge is 2.21. The first-order chi connectivity index (χ1) is 17.4. The van der Waals surface area contributed by atoms with Gasteiger partial charge in [-0.05, 0) is 67.4 Å². The van der Waals surface area contributed by atoms with Crippen LogP contribution >= 0.6 is 0 Å². The molecule has 0 aliphatic carbocycles. The number of H-pyrrole nitrogens is 1. The topological polar surface area (TPSA) is 100 Å². The summed E-state index contributed by atoms with van der Waals surface area (Å²) < 4.78 is 26.8. The number of halogens is 1. The largest absolute Gasteiger partial charge is 0.496 e. The quantitative estimate of drug-likeness (QED) is 0.194. The Labute approximate surface area is 210 Å². The number of nitrogen functional groups attached to an aromatic ring is 1. The van der Waals surface area contributed by atoms with Gasteiger partial charge in [-0.3, -0.25) is 5.41 Å².